The number of nitrogens with zero attached hydrogens (tertiary/aromatic N) is 1. The van der Waals surface area contributed by atoms with E-state index in [9.17, 15) is 18.4 Å². The predicted octanol–water partition coefficient (Wildman–Crippen LogP) is 0.273. The van der Waals surface area contributed by atoms with E-state index in [1.165, 1.54) is 7.11 Å². The summed E-state index contributed by atoms with van der Waals surface area (Å²) in [7, 11) is 1.19. The lowest BCUT2D eigenvalue weighted by Crippen LogP contribution is -2.32. The number of halogens is 2. The molecule has 1 amide bonds. The maximum Gasteiger partial charge on any atom is 0.325 e. The molecule has 1 heterocycles. The minimum Gasteiger partial charge on any atom is -0.468 e. The summed E-state index contributed by atoms with van der Waals surface area (Å²) in [4.78, 5) is 23.0. The number of carbonyl (C=O) groups excluding carboxylic acids is 2. The molecule has 0 spiro atoms. The van der Waals surface area contributed by atoms with Crippen LogP contribution in [0.1, 0.15) is 6.42 Å². The van der Waals surface area contributed by atoms with Crippen LogP contribution in [0.2, 0.25) is 0 Å². The van der Waals surface area contributed by atoms with Crippen molar-refractivity contribution < 1.29 is 23.1 Å². The molecule has 1 unspecified atom stereocenters. The van der Waals surface area contributed by atoms with Crippen molar-refractivity contribution in [3.8, 4) is 0 Å². The third-order valence-electron chi connectivity index (χ3n) is 2.15. The Kier molecular flexibility index (Phi) is 3.38. The van der Waals surface area contributed by atoms with Gasteiger partial charge in [-0.15, -0.1) is 0 Å². The summed E-state index contributed by atoms with van der Waals surface area (Å²) in [6.45, 7) is -0.301. The first kappa shape index (κ1) is 10.9. The van der Waals surface area contributed by atoms with Crippen LogP contribution in [-0.2, 0) is 14.3 Å². The number of alkyl halides is 2. The molecule has 1 fully saturated rings. The Morgan fingerprint density at radius 3 is 2.79 bits per heavy atom. The summed E-state index contributed by atoms with van der Waals surface area (Å²) in [5.74, 6) is -1.96. The number of ether oxygens (including phenoxy) is 1. The fourth-order valence-corrected chi connectivity index (χ4v) is 1.34. The third-order valence-corrected chi connectivity index (χ3v) is 2.15. The van der Waals surface area contributed by atoms with Gasteiger partial charge in [-0.3, -0.25) is 9.59 Å². The van der Waals surface area contributed by atoms with Gasteiger partial charge in [-0.05, 0) is 0 Å². The molecule has 0 aromatic heterocycles. The zero-order chi connectivity index (χ0) is 10.7. The van der Waals surface area contributed by atoms with Crippen LogP contribution in [0, 0.1) is 5.92 Å². The fourth-order valence-electron chi connectivity index (χ4n) is 1.34. The van der Waals surface area contributed by atoms with Crippen molar-refractivity contribution in [3.05, 3.63) is 0 Å². The highest BCUT2D eigenvalue weighted by Gasteiger charge is 2.36. The average Bonchev–Trinajstić information content (AvgIpc) is 2.48. The molecule has 14 heavy (non-hydrogen) atoms. The molecule has 6 heteroatoms. The van der Waals surface area contributed by atoms with Crippen LogP contribution in [0.25, 0.3) is 0 Å². The number of hydrogen-bond acceptors (Lipinski definition) is 3. The van der Waals surface area contributed by atoms with Gasteiger partial charge in [0, 0.05) is 18.9 Å². The van der Waals surface area contributed by atoms with Crippen molar-refractivity contribution in [1.82, 2.24) is 4.90 Å². The number of methoxy groups -OCH3 is 1. The van der Waals surface area contributed by atoms with Gasteiger partial charge in [-0.1, -0.05) is 0 Å². The van der Waals surface area contributed by atoms with Gasteiger partial charge in [-0.2, -0.15) is 0 Å². The molecule has 0 saturated carbocycles. The van der Waals surface area contributed by atoms with Gasteiger partial charge in [0.1, 0.15) is 6.54 Å². The fraction of sp³-hybridized carbons (Fsp3) is 0.750. The Labute approximate surface area is 79.8 Å². The van der Waals surface area contributed by atoms with Crippen LogP contribution in [0.3, 0.4) is 0 Å². The number of esters is 1. The molecule has 0 radical (unpaired) electrons. The lowest BCUT2D eigenvalue weighted by molar-refractivity contribution is -0.145. The summed E-state index contributed by atoms with van der Waals surface area (Å²) >= 11 is 0. The Morgan fingerprint density at radius 1 is 1.71 bits per heavy atom. The van der Waals surface area contributed by atoms with Crippen molar-refractivity contribution in [2.45, 2.75) is 12.8 Å². The van der Waals surface area contributed by atoms with Crippen molar-refractivity contribution in [1.29, 1.82) is 0 Å². The van der Waals surface area contributed by atoms with E-state index in [0.717, 1.165) is 4.90 Å². The number of hydrogen-bond donors (Lipinski definition) is 0. The van der Waals surface area contributed by atoms with E-state index in [0.29, 0.717) is 0 Å². The maximum absolute atomic E-state index is 12.2. The van der Waals surface area contributed by atoms with Gasteiger partial charge >= 0.3 is 5.97 Å². The van der Waals surface area contributed by atoms with Crippen LogP contribution in [0.15, 0.2) is 0 Å². The summed E-state index contributed by atoms with van der Waals surface area (Å²) in [5, 5.41) is 0. The summed E-state index contributed by atoms with van der Waals surface area (Å²) < 4.78 is 28.8. The third kappa shape index (κ3) is 2.40. The predicted molar refractivity (Wildman–Crippen MR) is 42.7 cm³/mol. The monoisotopic (exact) mass is 207 g/mol. The van der Waals surface area contributed by atoms with E-state index in [-0.39, 0.29) is 19.5 Å². The molecule has 0 aromatic carbocycles. The average molecular weight is 207 g/mol. The van der Waals surface area contributed by atoms with Gasteiger partial charge in [-0.25, -0.2) is 8.78 Å². The van der Waals surface area contributed by atoms with Crippen LogP contribution >= 0.6 is 0 Å². The summed E-state index contributed by atoms with van der Waals surface area (Å²) in [5.41, 5.74) is 0. The smallest absolute Gasteiger partial charge is 0.325 e. The molecule has 0 aromatic rings. The molecule has 1 atom stereocenters. The second-order valence-electron chi connectivity index (χ2n) is 3.15. The Morgan fingerprint density at radius 2 is 2.36 bits per heavy atom. The van der Waals surface area contributed by atoms with Gasteiger partial charge < -0.3 is 9.64 Å². The van der Waals surface area contributed by atoms with Gasteiger partial charge in [0.05, 0.1) is 7.11 Å². The zero-order valence-electron chi connectivity index (χ0n) is 7.70. The second kappa shape index (κ2) is 4.34. The first-order valence-corrected chi connectivity index (χ1v) is 4.17. The second-order valence-corrected chi connectivity index (χ2v) is 3.15. The van der Waals surface area contributed by atoms with Crippen molar-refractivity contribution in [3.63, 3.8) is 0 Å². The number of rotatable bonds is 3. The van der Waals surface area contributed by atoms with E-state index in [1.807, 2.05) is 0 Å². The lowest BCUT2D eigenvalue weighted by Gasteiger charge is -2.14. The van der Waals surface area contributed by atoms with Crippen LogP contribution < -0.4 is 0 Å². The lowest BCUT2D eigenvalue weighted by atomic mass is 10.1. The first-order chi connectivity index (χ1) is 6.54. The largest absolute Gasteiger partial charge is 0.468 e. The minimum absolute atomic E-state index is 0.0639. The highest BCUT2D eigenvalue weighted by Crippen LogP contribution is 2.23. The number of carbonyl (C=O) groups is 2. The Balaban J connectivity index is 2.49. The molecule has 1 rings (SSSR count). The van der Waals surface area contributed by atoms with E-state index in [2.05, 4.69) is 4.74 Å². The molecule has 1 saturated heterocycles. The van der Waals surface area contributed by atoms with Crippen molar-refractivity contribution in [2.75, 3.05) is 20.2 Å². The van der Waals surface area contributed by atoms with Gasteiger partial charge in [0.25, 0.3) is 0 Å². The molecule has 0 aliphatic carbocycles. The highest BCUT2D eigenvalue weighted by molar-refractivity contribution is 5.83. The number of likely N-dealkylation sites (tertiary alicyclic amines) is 1. The van der Waals surface area contributed by atoms with Crippen molar-refractivity contribution in [2.24, 2.45) is 5.92 Å². The Hall–Kier alpha value is -1.20. The minimum atomic E-state index is -2.51. The zero-order valence-corrected chi connectivity index (χ0v) is 7.70. The molecule has 1 aliphatic rings. The first-order valence-electron chi connectivity index (χ1n) is 4.17. The number of amides is 1. The maximum atomic E-state index is 12.2. The summed E-state index contributed by atoms with van der Waals surface area (Å²) in [6.07, 6.45) is -2.70. The molecular formula is C8H11F2NO3. The molecule has 0 bridgehead atoms. The molecule has 1 aliphatic heterocycles. The van der Waals surface area contributed by atoms with Crippen molar-refractivity contribution >= 4 is 11.9 Å². The van der Waals surface area contributed by atoms with Gasteiger partial charge in [0.2, 0.25) is 12.3 Å². The van der Waals surface area contributed by atoms with Crippen LogP contribution in [0.5, 0.6) is 0 Å². The quantitative estimate of drug-likeness (QED) is 0.624. The highest BCUT2D eigenvalue weighted by atomic mass is 19.3. The molecule has 4 nitrogen and oxygen atoms in total. The molecular weight excluding hydrogens is 196 g/mol. The molecule has 80 valence electrons. The van der Waals surface area contributed by atoms with E-state index < -0.39 is 24.2 Å². The van der Waals surface area contributed by atoms with E-state index in [1.54, 1.807) is 0 Å². The van der Waals surface area contributed by atoms with Crippen LogP contribution in [0.4, 0.5) is 8.78 Å². The SMILES string of the molecule is COC(=O)CN1CC(C(F)F)CC1=O. The standard InChI is InChI=1S/C8H11F2NO3/c1-14-7(13)4-11-3-5(8(9)10)2-6(11)12/h5,8H,2-4H2,1H3. The van der Waals surface area contributed by atoms with Gasteiger partial charge in [0.15, 0.2) is 0 Å². The normalized spacial score (nSPS) is 21.9. The van der Waals surface area contributed by atoms with Crippen LogP contribution in [-0.4, -0.2) is 43.4 Å². The topological polar surface area (TPSA) is 46.6 Å². The Bertz CT molecular complexity index is 245. The summed E-state index contributed by atoms with van der Waals surface area (Å²) in [6, 6.07) is 0. The molecule has 0 N–H and O–H groups in total. The van der Waals surface area contributed by atoms with E-state index >= 15 is 0 Å². The van der Waals surface area contributed by atoms with E-state index in [4.69, 9.17) is 0 Å².